The number of fused-ring (bicyclic) bond motifs is 1. The lowest BCUT2D eigenvalue weighted by molar-refractivity contribution is 0.0963. The summed E-state index contributed by atoms with van der Waals surface area (Å²) < 4.78 is 6.61. The molecule has 18 heavy (non-hydrogen) atoms. The minimum Gasteiger partial charge on any atom is -0.491 e. The van der Waals surface area contributed by atoms with Crippen molar-refractivity contribution in [1.29, 1.82) is 0 Å². The summed E-state index contributed by atoms with van der Waals surface area (Å²) in [4.78, 5) is 25.6. The number of pyridine rings is 1. The molecule has 1 aromatic rings. The SMILES string of the molecule is COc1c(C(=O)NCl)n2c(cc1=O)CCC2CO. The molecular weight excluding hydrogens is 260 g/mol. The second-order valence-electron chi connectivity index (χ2n) is 4.05. The summed E-state index contributed by atoms with van der Waals surface area (Å²) >= 11 is 5.33. The zero-order chi connectivity index (χ0) is 13.3. The largest absolute Gasteiger partial charge is 0.491 e. The van der Waals surface area contributed by atoms with Crippen LogP contribution in [0.3, 0.4) is 0 Å². The van der Waals surface area contributed by atoms with E-state index in [0.29, 0.717) is 18.5 Å². The molecule has 2 N–H and O–H groups in total. The lowest BCUT2D eigenvalue weighted by Crippen LogP contribution is -2.27. The van der Waals surface area contributed by atoms with E-state index in [1.807, 2.05) is 4.84 Å². The fourth-order valence-corrected chi connectivity index (χ4v) is 2.43. The maximum atomic E-state index is 11.8. The third-order valence-corrected chi connectivity index (χ3v) is 3.27. The van der Waals surface area contributed by atoms with Gasteiger partial charge in [0.2, 0.25) is 5.43 Å². The van der Waals surface area contributed by atoms with Crippen molar-refractivity contribution in [2.45, 2.75) is 18.9 Å². The van der Waals surface area contributed by atoms with Crippen molar-refractivity contribution in [1.82, 2.24) is 9.40 Å². The molecule has 0 saturated heterocycles. The van der Waals surface area contributed by atoms with E-state index in [1.165, 1.54) is 13.2 Å². The lowest BCUT2D eigenvalue weighted by atomic mass is 10.2. The molecule has 98 valence electrons. The topological polar surface area (TPSA) is 80.6 Å². The second kappa shape index (κ2) is 4.99. The highest BCUT2D eigenvalue weighted by Gasteiger charge is 2.30. The molecule has 1 aliphatic rings. The first-order valence-electron chi connectivity index (χ1n) is 5.48. The van der Waals surface area contributed by atoms with Crippen LogP contribution in [0.1, 0.15) is 28.6 Å². The van der Waals surface area contributed by atoms with Crippen molar-refractivity contribution in [3.05, 3.63) is 27.7 Å². The number of halogens is 1. The van der Waals surface area contributed by atoms with Gasteiger partial charge in [-0.05, 0) is 12.8 Å². The molecule has 0 saturated carbocycles. The predicted molar refractivity (Wildman–Crippen MR) is 65.0 cm³/mol. The number of rotatable bonds is 3. The number of carbonyl (C=O) groups excluding carboxylic acids is 1. The minimum atomic E-state index is -0.618. The van der Waals surface area contributed by atoms with Gasteiger partial charge in [0.25, 0.3) is 5.91 Å². The zero-order valence-electron chi connectivity index (χ0n) is 9.77. The predicted octanol–water partition coefficient (Wildman–Crippen LogP) is 0.220. The third kappa shape index (κ3) is 1.87. The Labute approximate surface area is 108 Å². The molecular formula is C11H13ClN2O4. The first-order chi connectivity index (χ1) is 8.63. The number of hydrogen-bond donors (Lipinski definition) is 2. The van der Waals surface area contributed by atoms with Crippen molar-refractivity contribution >= 4 is 17.7 Å². The van der Waals surface area contributed by atoms with E-state index >= 15 is 0 Å². The van der Waals surface area contributed by atoms with Gasteiger partial charge >= 0.3 is 0 Å². The van der Waals surface area contributed by atoms with Crippen molar-refractivity contribution in [2.75, 3.05) is 13.7 Å². The van der Waals surface area contributed by atoms with Gasteiger partial charge in [0.1, 0.15) is 0 Å². The summed E-state index contributed by atoms with van der Waals surface area (Å²) in [5, 5.41) is 9.32. The summed E-state index contributed by atoms with van der Waals surface area (Å²) in [5.74, 6) is -0.676. The summed E-state index contributed by atoms with van der Waals surface area (Å²) in [6.07, 6.45) is 1.30. The van der Waals surface area contributed by atoms with E-state index in [0.717, 1.165) is 0 Å². The number of aromatic nitrogens is 1. The van der Waals surface area contributed by atoms with Crippen LogP contribution < -0.4 is 15.0 Å². The Hall–Kier alpha value is -1.53. The van der Waals surface area contributed by atoms with Crippen LogP contribution in [0, 0.1) is 0 Å². The number of ether oxygens (including phenoxy) is 1. The highest BCUT2D eigenvalue weighted by molar-refractivity contribution is 6.24. The molecule has 0 fully saturated rings. The summed E-state index contributed by atoms with van der Waals surface area (Å²) in [5.41, 5.74) is 0.402. The van der Waals surface area contributed by atoms with E-state index in [-0.39, 0.29) is 29.5 Å². The van der Waals surface area contributed by atoms with E-state index < -0.39 is 5.91 Å². The number of aliphatic hydroxyl groups excluding tert-OH is 1. The van der Waals surface area contributed by atoms with Gasteiger partial charge in [0.15, 0.2) is 11.4 Å². The smallest absolute Gasteiger partial charge is 0.286 e. The zero-order valence-corrected chi connectivity index (χ0v) is 10.5. The Bertz CT molecular complexity index is 541. The molecule has 0 radical (unpaired) electrons. The van der Waals surface area contributed by atoms with Gasteiger partial charge in [-0.3, -0.25) is 14.4 Å². The molecule has 0 aliphatic carbocycles. The second-order valence-corrected chi connectivity index (χ2v) is 4.24. The molecule has 0 spiro atoms. The number of methoxy groups -OCH3 is 1. The monoisotopic (exact) mass is 272 g/mol. The van der Waals surface area contributed by atoms with E-state index in [4.69, 9.17) is 16.5 Å². The molecule has 6 nitrogen and oxygen atoms in total. The van der Waals surface area contributed by atoms with Gasteiger partial charge < -0.3 is 14.4 Å². The van der Waals surface area contributed by atoms with Crippen molar-refractivity contribution in [2.24, 2.45) is 0 Å². The highest BCUT2D eigenvalue weighted by atomic mass is 35.5. The summed E-state index contributed by atoms with van der Waals surface area (Å²) in [6.45, 7) is -0.110. The molecule has 1 unspecified atom stereocenters. The van der Waals surface area contributed by atoms with Crippen LogP contribution in [0.25, 0.3) is 0 Å². The van der Waals surface area contributed by atoms with Crippen molar-refractivity contribution in [3.63, 3.8) is 0 Å². The molecule has 1 aliphatic heterocycles. The fourth-order valence-electron chi connectivity index (χ4n) is 2.34. The van der Waals surface area contributed by atoms with Crippen LogP contribution in [0.2, 0.25) is 0 Å². The quantitative estimate of drug-likeness (QED) is 0.772. The van der Waals surface area contributed by atoms with Gasteiger partial charge in [-0.1, -0.05) is 0 Å². The summed E-state index contributed by atoms with van der Waals surface area (Å²) in [7, 11) is 1.32. The average molecular weight is 273 g/mol. The number of hydrogen-bond acceptors (Lipinski definition) is 4. The van der Waals surface area contributed by atoms with Gasteiger partial charge in [0.05, 0.1) is 19.8 Å². The Morgan fingerprint density at radius 1 is 1.72 bits per heavy atom. The first-order valence-corrected chi connectivity index (χ1v) is 5.86. The molecule has 0 aromatic carbocycles. The molecule has 7 heteroatoms. The van der Waals surface area contributed by atoms with Gasteiger partial charge in [-0.25, -0.2) is 0 Å². The molecule has 0 bridgehead atoms. The number of amides is 1. The van der Waals surface area contributed by atoms with Gasteiger partial charge in [-0.2, -0.15) is 0 Å². The Balaban J connectivity index is 2.73. The van der Waals surface area contributed by atoms with Crippen LogP contribution in [0.15, 0.2) is 10.9 Å². The molecule has 2 rings (SSSR count). The summed E-state index contributed by atoms with van der Waals surface area (Å²) in [6, 6.07) is 1.19. The van der Waals surface area contributed by atoms with Gasteiger partial charge in [-0.15, -0.1) is 0 Å². The number of nitrogens with one attached hydrogen (secondary N) is 1. The maximum Gasteiger partial charge on any atom is 0.286 e. The number of aryl methyl sites for hydroxylation is 1. The molecule has 2 heterocycles. The van der Waals surface area contributed by atoms with Crippen LogP contribution in [0.4, 0.5) is 0 Å². The fraction of sp³-hybridized carbons (Fsp3) is 0.455. The van der Waals surface area contributed by atoms with E-state index in [1.54, 1.807) is 4.57 Å². The number of aliphatic hydroxyl groups is 1. The molecule has 1 amide bonds. The first kappa shape index (κ1) is 12.9. The van der Waals surface area contributed by atoms with Crippen molar-refractivity contribution < 1.29 is 14.6 Å². The molecule has 1 atom stereocenters. The normalized spacial score (nSPS) is 17.4. The minimum absolute atomic E-state index is 0.0581. The van der Waals surface area contributed by atoms with Crippen molar-refractivity contribution in [3.8, 4) is 5.75 Å². The van der Waals surface area contributed by atoms with Crippen LogP contribution in [-0.4, -0.2) is 29.3 Å². The van der Waals surface area contributed by atoms with Crippen LogP contribution in [-0.2, 0) is 6.42 Å². The average Bonchev–Trinajstić information content (AvgIpc) is 2.78. The Morgan fingerprint density at radius 2 is 2.44 bits per heavy atom. The Morgan fingerprint density at radius 3 is 3.00 bits per heavy atom. The van der Waals surface area contributed by atoms with E-state index in [2.05, 4.69) is 0 Å². The van der Waals surface area contributed by atoms with Crippen LogP contribution >= 0.6 is 11.8 Å². The van der Waals surface area contributed by atoms with Gasteiger partial charge in [0, 0.05) is 23.5 Å². The maximum absolute atomic E-state index is 11.8. The number of carbonyl (C=O) groups is 1. The highest BCUT2D eigenvalue weighted by Crippen LogP contribution is 2.29. The third-order valence-electron chi connectivity index (χ3n) is 3.10. The van der Waals surface area contributed by atoms with Crippen LogP contribution in [0.5, 0.6) is 5.75 Å². The number of nitrogens with zero attached hydrogens (tertiary/aromatic N) is 1. The Kier molecular flexibility index (Phi) is 3.58. The molecule has 1 aromatic heterocycles. The van der Waals surface area contributed by atoms with E-state index in [9.17, 15) is 14.7 Å². The lowest BCUT2D eigenvalue weighted by Gasteiger charge is -2.19. The standard InChI is InChI=1S/C11H13ClN2O4/c1-18-10-8(16)4-6-2-3-7(5-15)14(6)9(10)11(17)13-12/h4,7,15H,2-3,5H2,1H3,(H,13,17).